The number of fused-ring (bicyclic) bond motifs is 1. The summed E-state index contributed by atoms with van der Waals surface area (Å²) in [6.45, 7) is 0.519. The van der Waals surface area contributed by atoms with Gasteiger partial charge in [0.15, 0.2) is 5.75 Å². The molecule has 7 nitrogen and oxygen atoms in total. The Hall–Kier alpha value is -3.09. The second kappa shape index (κ2) is 5.96. The number of nitrogens with one attached hydrogen (secondary N) is 1. The zero-order chi connectivity index (χ0) is 16.4. The van der Waals surface area contributed by atoms with Crippen molar-refractivity contribution in [2.75, 3.05) is 0 Å². The molecule has 1 amide bonds. The van der Waals surface area contributed by atoms with E-state index in [1.165, 1.54) is 0 Å². The average Bonchev–Trinajstić information content (AvgIpc) is 3.14. The van der Waals surface area contributed by atoms with Crippen molar-refractivity contribution in [1.82, 2.24) is 10.0 Å². The number of hydrogen-bond donors (Lipinski definition) is 2. The Morgan fingerprint density at radius 1 is 1.22 bits per heavy atom. The van der Waals surface area contributed by atoms with E-state index in [0.717, 1.165) is 0 Å². The lowest BCUT2D eigenvalue weighted by Crippen LogP contribution is -2.15. The van der Waals surface area contributed by atoms with E-state index in [0.29, 0.717) is 42.1 Å². The van der Waals surface area contributed by atoms with E-state index in [4.69, 9.17) is 4.84 Å². The summed E-state index contributed by atoms with van der Waals surface area (Å²) in [5.74, 6) is -1.20. The molecule has 0 spiro atoms. The Morgan fingerprint density at radius 3 is 2.61 bits per heavy atom. The van der Waals surface area contributed by atoms with Crippen LogP contribution in [-0.2, 0) is 16.1 Å². The Balaban J connectivity index is 1.83. The van der Waals surface area contributed by atoms with Gasteiger partial charge in [0.1, 0.15) is 0 Å². The topological polar surface area (TPSA) is 97.6 Å². The monoisotopic (exact) mass is 314 g/mol. The number of nitrogens with zero attached hydrogens (tertiary/aromatic N) is 1. The molecule has 1 unspecified atom stereocenters. The Labute approximate surface area is 131 Å². The zero-order valence-corrected chi connectivity index (χ0v) is 12.1. The summed E-state index contributed by atoms with van der Waals surface area (Å²) < 4.78 is 1.76. The number of carbonyl (C=O) groups is 3. The Morgan fingerprint density at radius 2 is 1.96 bits per heavy atom. The van der Waals surface area contributed by atoms with Gasteiger partial charge in [-0.1, -0.05) is 0 Å². The summed E-state index contributed by atoms with van der Waals surface area (Å²) >= 11 is 0. The highest BCUT2D eigenvalue weighted by molar-refractivity contribution is 6.08. The molecule has 23 heavy (non-hydrogen) atoms. The number of hydroxylamine groups is 1. The van der Waals surface area contributed by atoms with E-state index in [2.05, 4.69) is 5.48 Å². The van der Waals surface area contributed by atoms with Gasteiger partial charge in [0.05, 0.1) is 11.6 Å². The first-order valence-electron chi connectivity index (χ1n) is 7.05. The number of aromatic nitrogens is 1. The number of carboxylic acid groups (broad SMARTS) is 1. The molecule has 0 bridgehead atoms. The predicted octanol–water partition coefficient (Wildman–Crippen LogP) is 1.33. The summed E-state index contributed by atoms with van der Waals surface area (Å²) in [5.41, 5.74) is 3.66. The third kappa shape index (κ3) is 2.68. The number of aliphatic carboxylic acids is 1. The number of ketones is 1. The summed E-state index contributed by atoms with van der Waals surface area (Å²) in [6.07, 6.45) is 0.901. The van der Waals surface area contributed by atoms with Gasteiger partial charge in [0.2, 0.25) is 12.2 Å². The van der Waals surface area contributed by atoms with Crippen molar-refractivity contribution in [3.8, 4) is 5.75 Å². The number of hydrogen-bond acceptors (Lipinski definition) is 4. The van der Waals surface area contributed by atoms with Gasteiger partial charge in [-0.15, -0.1) is 0 Å². The Kier molecular flexibility index (Phi) is 3.84. The van der Waals surface area contributed by atoms with Gasteiger partial charge < -0.3 is 14.5 Å². The van der Waals surface area contributed by atoms with Crippen LogP contribution in [0.5, 0.6) is 5.75 Å². The van der Waals surface area contributed by atoms with Crippen molar-refractivity contribution in [2.45, 2.75) is 18.9 Å². The van der Waals surface area contributed by atoms with Gasteiger partial charge >= 0.3 is 5.97 Å². The van der Waals surface area contributed by atoms with Crippen molar-refractivity contribution in [3.05, 3.63) is 53.3 Å². The normalized spacial score (nSPS) is 15.7. The van der Waals surface area contributed by atoms with Crippen molar-refractivity contribution in [1.29, 1.82) is 0 Å². The van der Waals surface area contributed by atoms with Gasteiger partial charge in [0, 0.05) is 17.8 Å². The van der Waals surface area contributed by atoms with Crippen LogP contribution in [0.1, 0.15) is 34.1 Å². The molecule has 1 atom stereocenters. The van der Waals surface area contributed by atoms with Crippen molar-refractivity contribution < 1.29 is 24.3 Å². The molecule has 2 heterocycles. The van der Waals surface area contributed by atoms with Gasteiger partial charge in [-0.2, -0.15) is 5.48 Å². The molecule has 3 rings (SSSR count). The van der Waals surface area contributed by atoms with Gasteiger partial charge in [-0.3, -0.25) is 14.4 Å². The summed E-state index contributed by atoms with van der Waals surface area (Å²) in [6, 6.07) is 9.67. The molecule has 2 aromatic rings. The molecule has 1 aromatic heterocycles. The molecular formula is C16H14N2O5. The Bertz CT molecular complexity index is 763. The number of carbonyl (C=O) groups excluding carboxylic acids is 2. The molecule has 1 aliphatic rings. The fourth-order valence-electron chi connectivity index (χ4n) is 2.81. The van der Waals surface area contributed by atoms with Gasteiger partial charge in [0.25, 0.3) is 0 Å². The molecule has 1 aromatic carbocycles. The zero-order valence-electron chi connectivity index (χ0n) is 12.1. The largest absolute Gasteiger partial charge is 0.481 e. The molecule has 118 valence electrons. The van der Waals surface area contributed by atoms with Crippen LogP contribution >= 0.6 is 0 Å². The van der Waals surface area contributed by atoms with Crippen LogP contribution in [0.25, 0.3) is 0 Å². The first kappa shape index (κ1) is 14.8. The van der Waals surface area contributed by atoms with E-state index in [1.807, 2.05) is 0 Å². The molecule has 0 fully saturated rings. The highest BCUT2D eigenvalue weighted by Gasteiger charge is 2.31. The van der Waals surface area contributed by atoms with Crippen LogP contribution in [0.15, 0.2) is 36.4 Å². The van der Waals surface area contributed by atoms with E-state index in [9.17, 15) is 19.5 Å². The first-order chi connectivity index (χ1) is 11.1. The number of benzene rings is 1. The third-order valence-corrected chi connectivity index (χ3v) is 3.88. The minimum atomic E-state index is -0.870. The lowest BCUT2D eigenvalue weighted by Gasteiger charge is -2.07. The van der Waals surface area contributed by atoms with Gasteiger partial charge in [-0.25, -0.2) is 0 Å². The van der Waals surface area contributed by atoms with Crippen molar-refractivity contribution in [2.24, 2.45) is 0 Å². The first-order valence-corrected chi connectivity index (χ1v) is 7.05. The molecule has 7 heteroatoms. The molecule has 0 saturated carbocycles. The fourth-order valence-corrected chi connectivity index (χ4v) is 2.81. The van der Waals surface area contributed by atoms with Crippen molar-refractivity contribution >= 4 is 18.2 Å². The molecule has 1 aliphatic heterocycles. The smallest absolute Gasteiger partial charge is 0.312 e. The number of carboxylic acids is 1. The maximum atomic E-state index is 12.6. The van der Waals surface area contributed by atoms with E-state index < -0.39 is 11.9 Å². The summed E-state index contributed by atoms with van der Waals surface area (Å²) in [7, 11) is 0. The summed E-state index contributed by atoms with van der Waals surface area (Å²) in [4.78, 5) is 38.8. The number of amides is 1. The molecular weight excluding hydrogens is 300 g/mol. The second-order valence-electron chi connectivity index (χ2n) is 5.17. The average molecular weight is 314 g/mol. The maximum Gasteiger partial charge on any atom is 0.312 e. The standard InChI is InChI=1S/C16H14N2O5/c19-9-17-23-11-3-1-10(2-4-11)15(20)14-6-5-13-12(16(21)22)7-8-18(13)14/h1-6,9,12H,7-8H2,(H,17,19)(H,21,22). The summed E-state index contributed by atoms with van der Waals surface area (Å²) in [5, 5.41) is 9.18. The van der Waals surface area contributed by atoms with Crippen LogP contribution < -0.4 is 10.3 Å². The van der Waals surface area contributed by atoms with Crippen LogP contribution in [-0.4, -0.2) is 27.8 Å². The van der Waals surface area contributed by atoms with Crippen LogP contribution in [0.4, 0.5) is 0 Å². The molecule has 0 aliphatic carbocycles. The van der Waals surface area contributed by atoms with Gasteiger partial charge in [-0.05, 0) is 42.8 Å². The van der Waals surface area contributed by atoms with Crippen molar-refractivity contribution in [3.63, 3.8) is 0 Å². The second-order valence-corrected chi connectivity index (χ2v) is 5.17. The SMILES string of the molecule is O=CNOc1ccc(C(=O)c2ccc3n2CCC3C(=O)O)cc1. The van der Waals surface area contributed by atoms with Crippen LogP contribution in [0, 0.1) is 0 Å². The number of rotatable bonds is 6. The fraction of sp³-hybridized carbons (Fsp3) is 0.188. The highest BCUT2D eigenvalue weighted by atomic mass is 16.6. The van der Waals surface area contributed by atoms with Crippen LogP contribution in [0.2, 0.25) is 0 Å². The van der Waals surface area contributed by atoms with E-state index in [-0.39, 0.29) is 5.78 Å². The molecule has 0 radical (unpaired) electrons. The molecule has 0 saturated heterocycles. The lowest BCUT2D eigenvalue weighted by molar-refractivity contribution is -0.138. The maximum absolute atomic E-state index is 12.6. The lowest BCUT2D eigenvalue weighted by atomic mass is 10.1. The minimum absolute atomic E-state index is 0.183. The van der Waals surface area contributed by atoms with Crippen LogP contribution in [0.3, 0.4) is 0 Å². The minimum Gasteiger partial charge on any atom is -0.481 e. The predicted molar refractivity (Wildman–Crippen MR) is 79.1 cm³/mol. The van der Waals surface area contributed by atoms with E-state index in [1.54, 1.807) is 41.0 Å². The quantitative estimate of drug-likeness (QED) is 0.476. The third-order valence-electron chi connectivity index (χ3n) is 3.88. The van der Waals surface area contributed by atoms with E-state index >= 15 is 0 Å². The molecule has 2 N–H and O–H groups in total. The highest BCUT2D eigenvalue weighted by Crippen LogP contribution is 2.31.